The van der Waals surface area contributed by atoms with Crippen LogP contribution in [0.4, 0.5) is 0 Å². The van der Waals surface area contributed by atoms with E-state index in [0.29, 0.717) is 5.92 Å². The van der Waals surface area contributed by atoms with Crippen molar-refractivity contribution in [2.45, 2.75) is 20.8 Å². The molecule has 0 atom stereocenters. The highest BCUT2D eigenvalue weighted by molar-refractivity contribution is 6.21. The maximum Gasteiger partial charge on any atom is 0.134 e. The summed E-state index contributed by atoms with van der Waals surface area (Å²) in [6.45, 7) is 6.44. The Bertz CT molecular complexity index is 121. The van der Waals surface area contributed by atoms with Crippen LogP contribution in [0.1, 0.15) is 20.8 Å². The van der Waals surface area contributed by atoms with Gasteiger partial charge in [0.25, 0.3) is 0 Å². The Morgan fingerprint density at radius 2 is 2.00 bits per heavy atom. The molecule has 0 fully saturated rings. The number of hydrogen-bond donors (Lipinski definition) is 0. The van der Waals surface area contributed by atoms with E-state index in [4.69, 9.17) is 0 Å². The summed E-state index contributed by atoms with van der Waals surface area (Å²) < 4.78 is 0. The van der Waals surface area contributed by atoms with Crippen LogP contribution >= 0.6 is 0 Å². The highest BCUT2D eigenvalue weighted by Crippen LogP contribution is 2.03. The fourth-order valence-corrected chi connectivity index (χ4v) is 0.440. The molecule has 1 heteroatoms. The summed E-state index contributed by atoms with van der Waals surface area (Å²) in [5.74, 6) is 0.682. The molecule has 0 saturated heterocycles. The monoisotopic (exact) mass is 122 g/mol. The van der Waals surface area contributed by atoms with E-state index in [9.17, 15) is 0 Å². The molecule has 0 aliphatic rings. The van der Waals surface area contributed by atoms with Crippen molar-refractivity contribution in [3.8, 4) is 0 Å². The lowest BCUT2D eigenvalue weighted by atomic mass is 9.85. The first-order valence-corrected chi connectivity index (χ1v) is 3.48. The second kappa shape index (κ2) is 4.43. The normalized spacial score (nSPS) is 13.6. The lowest BCUT2D eigenvalue weighted by Gasteiger charge is -2.01. The Kier molecular flexibility index (Phi) is 4.20. The zero-order valence-corrected chi connectivity index (χ0v) is 6.81. The Morgan fingerprint density at radius 1 is 1.44 bits per heavy atom. The van der Waals surface area contributed by atoms with Gasteiger partial charge in [0.15, 0.2) is 0 Å². The average molecular weight is 122 g/mol. The van der Waals surface area contributed by atoms with Gasteiger partial charge in [-0.3, -0.25) is 0 Å². The predicted molar refractivity (Wildman–Crippen MR) is 46.3 cm³/mol. The van der Waals surface area contributed by atoms with E-state index >= 15 is 0 Å². The highest BCUT2D eigenvalue weighted by atomic mass is 13.9. The van der Waals surface area contributed by atoms with Crippen LogP contribution in [0.3, 0.4) is 0 Å². The quantitative estimate of drug-likeness (QED) is 0.386. The maximum absolute atomic E-state index is 2.20. The van der Waals surface area contributed by atoms with Crippen LogP contribution in [0.2, 0.25) is 0 Å². The summed E-state index contributed by atoms with van der Waals surface area (Å²) in [5.41, 5.74) is 1.44. The molecule has 0 radical (unpaired) electrons. The topological polar surface area (TPSA) is 0 Å². The largest absolute Gasteiger partial charge is 0.134 e. The molecule has 0 aromatic rings. The van der Waals surface area contributed by atoms with Gasteiger partial charge in [0.2, 0.25) is 0 Å². The third kappa shape index (κ3) is 4.08. The van der Waals surface area contributed by atoms with Gasteiger partial charge in [-0.15, -0.1) is 5.47 Å². The summed E-state index contributed by atoms with van der Waals surface area (Å²) in [7, 11) is 2.16. The standard InChI is InChI=1S/C8H15B/c1-4-5-6-8(9)7(2)3/h4-7H,9H2,1-3H3/b5-4-,8-6-. The van der Waals surface area contributed by atoms with E-state index in [1.54, 1.807) is 0 Å². The maximum atomic E-state index is 2.20. The van der Waals surface area contributed by atoms with E-state index in [1.165, 1.54) is 5.47 Å². The molecule has 0 heterocycles. The first-order chi connectivity index (χ1) is 4.18. The lowest BCUT2D eigenvalue weighted by molar-refractivity contribution is 0.813. The highest BCUT2D eigenvalue weighted by Gasteiger charge is 1.91. The predicted octanol–water partition coefficient (Wildman–Crippen LogP) is 1.74. The smallest absolute Gasteiger partial charge is 0.108 e. The lowest BCUT2D eigenvalue weighted by Crippen LogP contribution is -1.91. The van der Waals surface area contributed by atoms with Crippen LogP contribution in [-0.4, -0.2) is 7.85 Å². The first-order valence-electron chi connectivity index (χ1n) is 3.48. The van der Waals surface area contributed by atoms with E-state index in [1.807, 2.05) is 13.0 Å². The van der Waals surface area contributed by atoms with Crippen molar-refractivity contribution >= 4 is 7.85 Å². The zero-order chi connectivity index (χ0) is 7.28. The Morgan fingerprint density at radius 3 is 2.33 bits per heavy atom. The molecule has 0 rings (SSSR count). The van der Waals surface area contributed by atoms with Crippen LogP contribution in [0.25, 0.3) is 0 Å². The van der Waals surface area contributed by atoms with Gasteiger partial charge < -0.3 is 0 Å². The third-order valence-electron chi connectivity index (χ3n) is 1.46. The zero-order valence-electron chi connectivity index (χ0n) is 6.81. The van der Waals surface area contributed by atoms with Crippen molar-refractivity contribution in [3.63, 3.8) is 0 Å². The van der Waals surface area contributed by atoms with Crippen molar-refractivity contribution in [1.82, 2.24) is 0 Å². The summed E-state index contributed by atoms with van der Waals surface area (Å²) in [5, 5.41) is 0. The average Bonchev–Trinajstić information content (AvgIpc) is 1.82. The second-order valence-corrected chi connectivity index (χ2v) is 2.59. The van der Waals surface area contributed by atoms with Crippen molar-refractivity contribution in [2.75, 3.05) is 0 Å². The molecule has 0 bridgehead atoms. The van der Waals surface area contributed by atoms with E-state index in [0.717, 1.165) is 0 Å². The van der Waals surface area contributed by atoms with Gasteiger partial charge in [-0.1, -0.05) is 32.1 Å². The molecule has 0 amide bonds. The summed E-state index contributed by atoms with van der Waals surface area (Å²) in [6.07, 6.45) is 6.28. The van der Waals surface area contributed by atoms with Gasteiger partial charge in [-0.2, -0.15) is 0 Å². The van der Waals surface area contributed by atoms with E-state index in [2.05, 4.69) is 33.8 Å². The molecular formula is C8H15B. The molecule has 0 aliphatic heterocycles. The van der Waals surface area contributed by atoms with Crippen molar-refractivity contribution in [2.24, 2.45) is 5.92 Å². The van der Waals surface area contributed by atoms with Gasteiger partial charge in [0, 0.05) is 0 Å². The number of hydrogen-bond acceptors (Lipinski definition) is 0. The minimum absolute atomic E-state index is 0.682. The van der Waals surface area contributed by atoms with Gasteiger partial charge in [-0.25, -0.2) is 0 Å². The van der Waals surface area contributed by atoms with Crippen LogP contribution < -0.4 is 0 Å². The van der Waals surface area contributed by atoms with Gasteiger partial charge in [0.05, 0.1) is 0 Å². The van der Waals surface area contributed by atoms with Crippen LogP contribution in [0.15, 0.2) is 23.7 Å². The molecule has 9 heavy (non-hydrogen) atoms. The van der Waals surface area contributed by atoms with Crippen LogP contribution in [0.5, 0.6) is 0 Å². The molecule has 0 unspecified atom stereocenters. The van der Waals surface area contributed by atoms with Gasteiger partial charge in [0.1, 0.15) is 7.85 Å². The molecule has 0 aromatic heterocycles. The van der Waals surface area contributed by atoms with Gasteiger partial charge in [-0.05, 0) is 12.8 Å². The summed E-state index contributed by atoms with van der Waals surface area (Å²) in [6, 6.07) is 0. The number of rotatable bonds is 2. The Hall–Kier alpha value is -0.455. The Balaban J connectivity index is 3.84. The first kappa shape index (κ1) is 8.54. The molecular weight excluding hydrogens is 107 g/mol. The van der Waals surface area contributed by atoms with Crippen LogP contribution in [-0.2, 0) is 0 Å². The minimum atomic E-state index is 0.682. The van der Waals surface area contributed by atoms with Crippen molar-refractivity contribution in [1.29, 1.82) is 0 Å². The fraction of sp³-hybridized carbons (Fsp3) is 0.500. The molecule has 0 nitrogen and oxygen atoms in total. The molecule has 0 aliphatic carbocycles. The SMILES string of the molecule is B/C(=C\C=C/C)C(C)C. The van der Waals surface area contributed by atoms with Crippen molar-refractivity contribution in [3.05, 3.63) is 23.7 Å². The Labute approximate surface area is 59.1 Å². The third-order valence-corrected chi connectivity index (χ3v) is 1.46. The van der Waals surface area contributed by atoms with E-state index in [-0.39, 0.29) is 0 Å². The molecule has 0 N–H and O–H groups in total. The minimum Gasteiger partial charge on any atom is -0.108 e. The fourth-order valence-electron chi connectivity index (χ4n) is 0.440. The molecule has 0 aromatic carbocycles. The van der Waals surface area contributed by atoms with E-state index < -0.39 is 0 Å². The van der Waals surface area contributed by atoms with Crippen molar-refractivity contribution < 1.29 is 0 Å². The van der Waals surface area contributed by atoms with Crippen LogP contribution in [0, 0.1) is 5.92 Å². The summed E-state index contributed by atoms with van der Waals surface area (Å²) in [4.78, 5) is 0. The number of allylic oxidation sites excluding steroid dienone is 4. The van der Waals surface area contributed by atoms with Gasteiger partial charge >= 0.3 is 0 Å². The molecule has 0 spiro atoms. The summed E-state index contributed by atoms with van der Waals surface area (Å²) >= 11 is 0. The molecule has 0 saturated carbocycles. The second-order valence-electron chi connectivity index (χ2n) is 2.59. The molecule has 50 valence electrons.